The molecular formula is C14H20N2O2. The lowest BCUT2D eigenvalue weighted by Crippen LogP contribution is -2.37. The number of ether oxygens (including phenoxy) is 1. The Morgan fingerprint density at radius 3 is 2.67 bits per heavy atom. The Kier molecular flexibility index (Phi) is 6.40. The number of nitrogens with one attached hydrogen (secondary N) is 2. The van der Waals surface area contributed by atoms with E-state index in [1.54, 1.807) is 6.08 Å². The van der Waals surface area contributed by atoms with Crippen molar-refractivity contribution in [3.05, 3.63) is 42.5 Å². The van der Waals surface area contributed by atoms with Crippen molar-refractivity contribution in [1.82, 2.24) is 10.6 Å². The molecule has 0 radical (unpaired) electrons. The van der Waals surface area contributed by atoms with Crippen LogP contribution in [0, 0.1) is 0 Å². The minimum Gasteiger partial charge on any atom is -0.492 e. The summed E-state index contributed by atoms with van der Waals surface area (Å²) in [6.45, 7) is 7.01. The van der Waals surface area contributed by atoms with Gasteiger partial charge < -0.3 is 15.4 Å². The van der Waals surface area contributed by atoms with Crippen molar-refractivity contribution in [3.8, 4) is 5.75 Å². The maximum absolute atomic E-state index is 11.2. The van der Waals surface area contributed by atoms with Gasteiger partial charge in [-0.1, -0.05) is 25.1 Å². The predicted octanol–water partition coefficient (Wildman–Crippen LogP) is 2.11. The summed E-state index contributed by atoms with van der Waals surface area (Å²) in [5.41, 5.74) is 1.28. The van der Waals surface area contributed by atoms with Gasteiger partial charge in [0.15, 0.2) is 0 Å². The van der Waals surface area contributed by atoms with Crippen LogP contribution in [0.3, 0.4) is 0 Å². The summed E-state index contributed by atoms with van der Waals surface area (Å²) in [5, 5.41) is 5.31. The lowest BCUT2D eigenvalue weighted by atomic mass is 10.2. The number of hydrogen-bond donors (Lipinski definition) is 2. The molecule has 2 N–H and O–H groups in total. The van der Waals surface area contributed by atoms with Crippen molar-refractivity contribution in [1.29, 1.82) is 0 Å². The van der Waals surface area contributed by atoms with Crippen molar-refractivity contribution in [3.63, 3.8) is 0 Å². The number of urea groups is 1. The topological polar surface area (TPSA) is 50.4 Å². The zero-order valence-corrected chi connectivity index (χ0v) is 10.7. The monoisotopic (exact) mass is 248 g/mol. The van der Waals surface area contributed by atoms with Crippen molar-refractivity contribution >= 4 is 6.03 Å². The lowest BCUT2D eigenvalue weighted by Gasteiger charge is -2.08. The van der Waals surface area contributed by atoms with E-state index in [2.05, 4.69) is 24.1 Å². The fraction of sp³-hybridized carbons (Fsp3) is 0.357. The number of carbonyl (C=O) groups is 1. The van der Waals surface area contributed by atoms with Crippen molar-refractivity contribution < 1.29 is 9.53 Å². The van der Waals surface area contributed by atoms with Gasteiger partial charge in [-0.15, -0.1) is 6.58 Å². The third kappa shape index (κ3) is 5.39. The van der Waals surface area contributed by atoms with Crippen LogP contribution in [0.2, 0.25) is 0 Å². The van der Waals surface area contributed by atoms with E-state index in [4.69, 9.17) is 4.74 Å². The minimum atomic E-state index is -0.208. The molecule has 1 aromatic rings. The van der Waals surface area contributed by atoms with Crippen LogP contribution >= 0.6 is 0 Å². The summed E-state index contributed by atoms with van der Waals surface area (Å²) in [6.07, 6.45) is 2.65. The van der Waals surface area contributed by atoms with Gasteiger partial charge in [0.2, 0.25) is 0 Å². The van der Waals surface area contributed by atoms with E-state index in [0.717, 1.165) is 12.2 Å². The molecule has 0 aliphatic heterocycles. The lowest BCUT2D eigenvalue weighted by molar-refractivity contribution is 0.237. The molecule has 0 saturated heterocycles. The SMILES string of the molecule is C=CCNC(=O)NCCOc1ccc(CC)cc1. The first-order valence-corrected chi connectivity index (χ1v) is 6.10. The second kappa shape index (κ2) is 8.17. The predicted molar refractivity (Wildman–Crippen MR) is 72.9 cm³/mol. The molecule has 0 aliphatic carbocycles. The van der Waals surface area contributed by atoms with Crippen LogP contribution in [0.5, 0.6) is 5.75 Å². The van der Waals surface area contributed by atoms with Gasteiger partial charge in [0.25, 0.3) is 0 Å². The van der Waals surface area contributed by atoms with Crippen LogP contribution in [0.4, 0.5) is 4.79 Å². The number of benzene rings is 1. The second-order valence-corrected chi connectivity index (χ2v) is 3.77. The molecule has 0 atom stereocenters. The fourth-order valence-corrected chi connectivity index (χ4v) is 1.38. The first-order valence-electron chi connectivity index (χ1n) is 6.10. The molecule has 1 rings (SSSR count). The van der Waals surface area contributed by atoms with E-state index in [1.165, 1.54) is 5.56 Å². The highest BCUT2D eigenvalue weighted by Crippen LogP contribution is 2.11. The average molecular weight is 248 g/mol. The van der Waals surface area contributed by atoms with Crippen LogP contribution in [-0.4, -0.2) is 25.7 Å². The highest BCUT2D eigenvalue weighted by atomic mass is 16.5. The Morgan fingerprint density at radius 1 is 1.33 bits per heavy atom. The highest BCUT2D eigenvalue weighted by molar-refractivity contribution is 5.73. The molecule has 18 heavy (non-hydrogen) atoms. The van der Waals surface area contributed by atoms with Gasteiger partial charge in [-0.3, -0.25) is 0 Å². The smallest absolute Gasteiger partial charge is 0.315 e. The minimum absolute atomic E-state index is 0.208. The summed E-state index contributed by atoms with van der Waals surface area (Å²) in [4.78, 5) is 11.2. The number of hydrogen-bond acceptors (Lipinski definition) is 2. The number of rotatable bonds is 7. The Morgan fingerprint density at radius 2 is 2.06 bits per heavy atom. The summed E-state index contributed by atoms with van der Waals surface area (Å²) in [6, 6.07) is 7.76. The Labute approximate surface area is 108 Å². The van der Waals surface area contributed by atoms with E-state index < -0.39 is 0 Å². The Bertz CT molecular complexity index is 374. The molecule has 0 saturated carbocycles. The molecule has 4 heteroatoms. The molecule has 0 aromatic heterocycles. The molecule has 4 nitrogen and oxygen atoms in total. The highest BCUT2D eigenvalue weighted by Gasteiger charge is 1.97. The normalized spacial score (nSPS) is 9.61. The Hall–Kier alpha value is -1.97. The molecule has 0 heterocycles. The summed E-state index contributed by atoms with van der Waals surface area (Å²) < 4.78 is 5.50. The quantitative estimate of drug-likeness (QED) is 0.573. The van der Waals surface area contributed by atoms with Crippen molar-refractivity contribution in [2.75, 3.05) is 19.7 Å². The van der Waals surface area contributed by atoms with Crippen LogP contribution in [0.15, 0.2) is 36.9 Å². The van der Waals surface area contributed by atoms with Gasteiger partial charge in [-0.2, -0.15) is 0 Å². The molecule has 0 fully saturated rings. The zero-order chi connectivity index (χ0) is 13.2. The summed E-state index contributed by atoms with van der Waals surface area (Å²) >= 11 is 0. The van der Waals surface area contributed by atoms with E-state index in [0.29, 0.717) is 19.7 Å². The molecule has 0 bridgehead atoms. The van der Waals surface area contributed by atoms with Gasteiger partial charge in [-0.25, -0.2) is 4.79 Å². The van der Waals surface area contributed by atoms with Crippen molar-refractivity contribution in [2.24, 2.45) is 0 Å². The van der Waals surface area contributed by atoms with Gasteiger partial charge >= 0.3 is 6.03 Å². The first kappa shape index (κ1) is 14.1. The largest absolute Gasteiger partial charge is 0.492 e. The van der Waals surface area contributed by atoms with Crippen LogP contribution in [0.1, 0.15) is 12.5 Å². The number of amides is 2. The third-order valence-corrected chi connectivity index (χ3v) is 2.39. The van der Waals surface area contributed by atoms with Gasteiger partial charge in [0, 0.05) is 6.54 Å². The molecule has 2 amide bonds. The van der Waals surface area contributed by atoms with Gasteiger partial charge in [-0.05, 0) is 24.1 Å². The van der Waals surface area contributed by atoms with E-state index in [1.807, 2.05) is 24.3 Å². The number of aryl methyl sites for hydroxylation is 1. The van der Waals surface area contributed by atoms with Gasteiger partial charge in [0.1, 0.15) is 12.4 Å². The molecule has 0 spiro atoms. The zero-order valence-electron chi connectivity index (χ0n) is 10.7. The van der Waals surface area contributed by atoms with Crippen LogP contribution in [-0.2, 0) is 6.42 Å². The molecule has 0 aliphatic rings. The maximum Gasteiger partial charge on any atom is 0.315 e. The first-order chi connectivity index (χ1) is 8.76. The summed E-state index contributed by atoms with van der Waals surface area (Å²) in [7, 11) is 0. The standard InChI is InChI=1S/C14H20N2O2/c1-3-9-15-14(17)16-10-11-18-13-7-5-12(4-2)6-8-13/h3,5-8H,1,4,9-11H2,2H3,(H2,15,16,17). The van der Waals surface area contributed by atoms with Crippen LogP contribution in [0.25, 0.3) is 0 Å². The number of carbonyl (C=O) groups excluding carboxylic acids is 1. The molecule has 98 valence electrons. The van der Waals surface area contributed by atoms with E-state index in [9.17, 15) is 4.79 Å². The van der Waals surface area contributed by atoms with E-state index in [-0.39, 0.29) is 6.03 Å². The summed E-state index contributed by atoms with van der Waals surface area (Å²) in [5.74, 6) is 0.820. The fourth-order valence-electron chi connectivity index (χ4n) is 1.38. The second-order valence-electron chi connectivity index (χ2n) is 3.77. The van der Waals surface area contributed by atoms with E-state index >= 15 is 0 Å². The van der Waals surface area contributed by atoms with Crippen molar-refractivity contribution in [2.45, 2.75) is 13.3 Å². The van der Waals surface area contributed by atoms with Crippen LogP contribution < -0.4 is 15.4 Å². The molecule has 0 unspecified atom stereocenters. The third-order valence-electron chi connectivity index (χ3n) is 2.39. The Balaban J connectivity index is 2.17. The average Bonchev–Trinajstić information content (AvgIpc) is 2.42. The maximum atomic E-state index is 11.2. The molecule has 1 aromatic carbocycles. The molecular weight excluding hydrogens is 228 g/mol. The van der Waals surface area contributed by atoms with Gasteiger partial charge in [0.05, 0.1) is 6.54 Å².